The molecule has 0 bridgehead atoms. The van der Waals surface area contributed by atoms with Gasteiger partial charge in [0.1, 0.15) is 0 Å². The van der Waals surface area contributed by atoms with Gasteiger partial charge in [0, 0.05) is 0 Å². The number of allylic oxidation sites excluding steroid dienone is 4. The summed E-state index contributed by atoms with van der Waals surface area (Å²) in [7, 11) is 0. The summed E-state index contributed by atoms with van der Waals surface area (Å²) < 4.78 is 0. The van der Waals surface area contributed by atoms with Crippen LogP contribution in [0.2, 0.25) is 0 Å². The molecule has 0 aromatic carbocycles. The van der Waals surface area contributed by atoms with Crippen LogP contribution in [0.5, 0.6) is 0 Å². The summed E-state index contributed by atoms with van der Waals surface area (Å²) in [6, 6.07) is 0. The van der Waals surface area contributed by atoms with E-state index in [0.29, 0.717) is 0 Å². The predicted molar refractivity (Wildman–Crippen MR) is 94.8 cm³/mol. The average molecular weight is 306 g/mol. The summed E-state index contributed by atoms with van der Waals surface area (Å²) in [5.41, 5.74) is 2.96. The molecule has 1 aliphatic carbocycles. The maximum atomic E-state index is 10.4. The standard InChI is InChI=1S/C20H34O2/c1-15-7-6-8-17(3)19(21)14-11-16(2)10-13-18(12-9-15)20(4,5)22/h7,10,18-19,21-22H,3,6,8-9,11-14H2,1-2,4-5H3/b15-7+,16-10-. The van der Waals surface area contributed by atoms with Crippen LogP contribution in [-0.4, -0.2) is 21.9 Å². The highest BCUT2D eigenvalue weighted by Crippen LogP contribution is 2.29. The van der Waals surface area contributed by atoms with Gasteiger partial charge in [-0.25, -0.2) is 0 Å². The van der Waals surface area contributed by atoms with Crippen molar-refractivity contribution in [3.63, 3.8) is 0 Å². The van der Waals surface area contributed by atoms with Gasteiger partial charge in [-0.3, -0.25) is 0 Å². The minimum atomic E-state index is -0.651. The summed E-state index contributed by atoms with van der Waals surface area (Å²) in [4.78, 5) is 0. The van der Waals surface area contributed by atoms with E-state index >= 15 is 0 Å². The van der Waals surface area contributed by atoms with Gasteiger partial charge in [0.15, 0.2) is 0 Å². The Bertz CT molecular complexity index is 423. The molecular formula is C20H34O2. The smallest absolute Gasteiger partial charge is 0.0750 e. The second-order valence-electron chi connectivity index (χ2n) is 7.48. The zero-order chi connectivity index (χ0) is 16.8. The molecule has 1 aliphatic rings. The van der Waals surface area contributed by atoms with Gasteiger partial charge in [-0.15, -0.1) is 0 Å². The molecule has 2 heteroatoms. The Morgan fingerprint density at radius 2 is 1.64 bits per heavy atom. The lowest BCUT2D eigenvalue weighted by molar-refractivity contribution is 0.0145. The van der Waals surface area contributed by atoms with Crippen molar-refractivity contribution in [3.05, 3.63) is 35.5 Å². The molecule has 0 radical (unpaired) electrons. The fraction of sp³-hybridized carbons (Fsp3) is 0.700. The number of aliphatic hydroxyl groups excluding tert-OH is 1. The van der Waals surface area contributed by atoms with Crippen molar-refractivity contribution in [2.45, 2.75) is 84.3 Å². The molecule has 0 aromatic heterocycles. The monoisotopic (exact) mass is 306 g/mol. The predicted octanol–water partition coefficient (Wildman–Crippen LogP) is 4.93. The molecule has 126 valence electrons. The van der Waals surface area contributed by atoms with E-state index < -0.39 is 11.7 Å². The molecule has 22 heavy (non-hydrogen) atoms. The molecule has 0 aromatic rings. The highest BCUT2D eigenvalue weighted by atomic mass is 16.3. The molecule has 2 unspecified atom stereocenters. The summed E-state index contributed by atoms with van der Waals surface area (Å²) in [6.07, 6.45) is 10.5. The molecule has 0 spiro atoms. The van der Waals surface area contributed by atoms with E-state index in [-0.39, 0.29) is 5.92 Å². The van der Waals surface area contributed by atoms with Crippen LogP contribution >= 0.6 is 0 Å². The first-order valence-electron chi connectivity index (χ1n) is 8.59. The summed E-state index contributed by atoms with van der Waals surface area (Å²) in [5.74, 6) is 0.272. The molecule has 0 fully saturated rings. The van der Waals surface area contributed by atoms with Gasteiger partial charge in [0.25, 0.3) is 0 Å². The molecule has 1 rings (SSSR count). The lowest BCUT2D eigenvalue weighted by Gasteiger charge is -2.29. The van der Waals surface area contributed by atoms with E-state index in [9.17, 15) is 10.2 Å². The SMILES string of the molecule is C=C1CC/C=C(\C)CCC(C(C)(C)O)C/C=C(/C)CCC1O. The first-order chi connectivity index (χ1) is 10.2. The van der Waals surface area contributed by atoms with Crippen molar-refractivity contribution in [2.75, 3.05) is 0 Å². The van der Waals surface area contributed by atoms with E-state index in [2.05, 4.69) is 32.6 Å². The van der Waals surface area contributed by atoms with Crippen molar-refractivity contribution in [2.24, 2.45) is 5.92 Å². The lowest BCUT2D eigenvalue weighted by atomic mass is 9.82. The second kappa shape index (κ2) is 8.69. The molecule has 0 amide bonds. The largest absolute Gasteiger partial charge is 0.390 e. The van der Waals surface area contributed by atoms with Gasteiger partial charge in [-0.1, -0.05) is 29.9 Å². The van der Waals surface area contributed by atoms with Crippen LogP contribution in [0.15, 0.2) is 35.5 Å². The Morgan fingerprint density at radius 1 is 1.05 bits per heavy atom. The van der Waals surface area contributed by atoms with Gasteiger partial charge in [0.2, 0.25) is 0 Å². The minimum absolute atomic E-state index is 0.272. The highest BCUT2D eigenvalue weighted by Gasteiger charge is 2.25. The third-order valence-electron chi connectivity index (χ3n) is 4.88. The molecule has 0 aliphatic heterocycles. The summed E-state index contributed by atoms with van der Waals surface area (Å²) >= 11 is 0. The van der Waals surface area contributed by atoms with Crippen LogP contribution in [0.4, 0.5) is 0 Å². The van der Waals surface area contributed by atoms with E-state index in [1.807, 2.05) is 13.8 Å². The minimum Gasteiger partial charge on any atom is -0.390 e. The van der Waals surface area contributed by atoms with E-state index in [1.165, 1.54) is 11.1 Å². The van der Waals surface area contributed by atoms with Gasteiger partial charge in [-0.05, 0) is 84.1 Å². The Hall–Kier alpha value is -0.860. The van der Waals surface area contributed by atoms with Gasteiger partial charge in [-0.2, -0.15) is 0 Å². The van der Waals surface area contributed by atoms with Crippen LogP contribution in [0.25, 0.3) is 0 Å². The quantitative estimate of drug-likeness (QED) is 0.674. The normalized spacial score (nSPS) is 31.6. The van der Waals surface area contributed by atoms with E-state index in [4.69, 9.17) is 0 Å². The number of rotatable bonds is 1. The van der Waals surface area contributed by atoms with Gasteiger partial charge < -0.3 is 10.2 Å². The molecule has 2 atom stereocenters. The topological polar surface area (TPSA) is 40.5 Å². The van der Waals surface area contributed by atoms with Crippen molar-refractivity contribution >= 4 is 0 Å². The average Bonchev–Trinajstić information content (AvgIpc) is 2.42. The highest BCUT2D eigenvalue weighted by molar-refractivity contribution is 5.09. The maximum Gasteiger partial charge on any atom is 0.0750 e. The summed E-state index contributed by atoms with van der Waals surface area (Å²) in [5, 5.41) is 20.6. The third-order valence-corrected chi connectivity index (χ3v) is 4.88. The van der Waals surface area contributed by atoms with Gasteiger partial charge >= 0.3 is 0 Å². The van der Waals surface area contributed by atoms with Crippen molar-refractivity contribution in [1.82, 2.24) is 0 Å². The fourth-order valence-electron chi connectivity index (χ4n) is 2.95. The van der Waals surface area contributed by atoms with Crippen LogP contribution in [-0.2, 0) is 0 Å². The lowest BCUT2D eigenvalue weighted by Crippen LogP contribution is -2.30. The third kappa shape index (κ3) is 6.93. The molecule has 0 heterocycles. The molecule has 0 saturated carbocycles. The first kappa shape index (κ1) is 19.2. The van der Waals surface area contributed by atoms with Crippen molar-refractivity contribution < 1.29 is 10.2 Å². The molecule has 0 saturated heterocycles. The van der Waals surface area contributed by atoms with Crippen molar-refractivity contribution in [3.8, 4) is 0 Å². The van der Waals surface area contributed by atoms with E-state index in [1.54, 1.807) is 0 Å². The molecule has 2 N–H and O–H groups in total. The molecule has 2 nitrogen and oxygen atoms in total. The Balaban J connectivity index is 2.85. The Labute approximate surface area is 136 Å². The van der Waals surface area contributed by atoms with Crippen LogP contribution < -0.4 is 0 Å². The zero-order valence-electron chi connectivity index (χ0n) is 14.9. The van der Waals surface area contributed by atoms with Gasteiger partial charge in [0.05, 0.1) is 11.7 Å². The van der Waals surface area contributed by atoms with E-state index in [0.717, 1.165) is 50.5 Å². The first-order valence-corrected chi connectivity index (χ1v) is 8.59. The van der Waals surface area contributed by atoms with Crippen molar-refractivity contribution in [1.29, 1.82) is 0 Å². The number of hydrogen-bond donors (Lipinski definition) is 2. The molecular weight excluding hydrogens is 272 g/mol. The Morgan fingerprint density at radius 3 is 2.27 bits per heavy atom. The van der Waals surface area contributed by atoms with Crippen LogP contribution in [0.3, 0.4) is 0 Å². The number of aliphatic hydroxyl groups is 2. The van der Waals surface area contributed by atoms with Crippen LogP contribution in [0, 0.1) is 5.92 Å². The fourth-order valence-corrected chi connectivity index (χ4v) is 2.95. The van der Waals surface area contributed by atoms with Crippen LogP contribution in [0.1, 0.15) is 72.6 Å². The maximum absolute atomic E-state index is 10.4. The zero-order valence-corrected chi connectivity index (χ0v) is 14.9. The number of hydrogen-bond acceptors (Lipinski definition) is 2. The Kier molecular flexibility index (Phi) is 7.58. The summed E-state index contributed by atoms with van der Waals surface area (Å²) in [6.45, 7) is 12.1. The second-order valence-corrected chi connectivity index (χ2v) is 7.48.